The van der Waals surface area contributed by atoms with Crippen molar-refractivity contribution in [1.82, 2.24) is 40.3 Å². The summed E-state index contributed by atoms with van der Waals surface area (Å²) >= 11 is 1.38. The Balaban J connectivity index is 0.810. The molecule has 352 valence electrons. The van der Waals surface area contributed by atoms with Crippen LogP contribution in [0.1, 0.15) is 79.0 Å². The first-order chi connectivity index (χ1) is 31.9. The molecule has 5 aromatic rings. The molecule has 2 fully saturated rings. The zero-order valence-corrected chi connectivity index (χ0v) is 37.6. The van der Waals surface area contributed by atoms with Gasteiger partial charge in [0.1, 0.15) is 47.0 Å². The maximum atomic E-state index is 14.2. The molecule has 2 amide bonds. The van der Waals surface area contributed by atoms with Crippen LogP contribution in [0.15, 0.2) is 78.7 Å². The minimum atomic E-state index is -4.77. The smallest absolute Gasteiger partial charge is 0.491 e. The molecule has 4 heterocycles. The van der Waals surface area contributed by atoms with Crippen LogP contribution in [0.4, 0.5) is 24.7 Å². The number of nitrogens with zero attached hydrogens (tertiary/aromatic N) is 6. The number of carbonyl (C=O) groups excluding carboxylic acids is 3. The van der Waals surface area contributed by atoms with Crippen molar-refractivity contribution >= 4 is 40.4 Å². The lowest BCUT2D eigenvalue weighted by atomic mass is 9.83. The lowest BCUT2D eigenvalue weighted by Crippen LogP contribution is -2.55. The second-order valence-corrected chi connectivity index (χ2v) is 17.0. The number of halogens is 3. The van der Waals surface area contributed by atoms with E-state index in [1.165, 1.54) is 41.9 Å². The maximum Gasteiger partial charge on any atom is 0.573 e. The molecule has 3 aromatic heterocycles. The first kappa shape index (κ1) is 48.0. The van der Waals surface area contributed by atoms with E-state index >= 15 is 0 Å². The van der Waals surface area contributed by atoms with Crippen LogP contribution in [0, 0.1) is 5.92 Å². The van der Waals surface area contributed by atoms with Crippen LogP contribution < -0.4 is 25.4 Å². The summed E-state index contributed by atoms with van der Waals surface area (Å²) in [4.78, 5) is 55.8. The van der Waals surface area contributed by atoms with Gasteiger partial charge >= 0.3 is 6.36 Å². The van der Waals surface area contributed by atoms with Gasteiger partial charge in [0, 0.05) is 41.0 Å². The number of hydrogen-bond donors (Lipinski definition) is 3. The van der Waals surface area contributed by atoms with Crippen molar-refractivity contribution < 1.29 is 46.5 Å². The molecule has 0 unspecified atom stereocenters. The summed E-state index contributed by atoms with van der Waals surface area (Å²) in [5.74, 6) is 0.234. The van der Waals surface area contributed by atoms with Crippen LogP contribution in [0.2, 0.25) is 0 Å². The third-order valence-electron chi connectivity index (χ3n) is 11.5. The Labute approximate surface area is 384 Å². The van der Waals surface area contributed by atoms with Gasteiger partial charge in [0.15, 0.2) is 0 Å². The van der Waals surface area contributed by atoms with Crippen molar-refractivity contribution in [2.45, 2.75) is 82.9 Å². The Morgan fingerprint density at radius 2 is 1.68 bits per heavy atom. The second-order valence-electron chi connectivity index (χ2n) is 16.1. The Hall–Kier alpha value is -5.96. The molecular formula is C46H54F3N9O7S. The van der Waals surface area contributed by atoms with E-state index in [1.54, 1.807) is 60.6 Å². The van der Waals surface area contributed by atoms with E-state index in [9.17, 15) is 27.6 Å². The maximum absolute atomic E-state index is 14.2. The SMILES string of the molecule is CN[C@@H](C)C(=O)N[C@H](C(=O)N1CCC[C@H]1c1nc(C(=O)c2cccc(OCCOCCOCCn3cc(-c4cc(Nc5ccc(OC(F)(F)F)cc5)ncn4)cn3)c2)cs1)C1CCCCC1. The topological polar surface area (TPSA) is 184 Å². The Bertz CT molecular complexity index is 2380. The normalized spacial score (nSPS) is 16.4. The predicted octanol–water partition coefficient (Wildman–Crippen LogP) is 7.12. The van der Waals surface area contributed by atoms with Crippen molar-refractivity contribution in [3.8, 4) is 22.8 Å². The molecule has 0 spiro atoms. The van der Waals surface area contributed by atoms with Crippen LogP contribution in [0.3, 0.4) is 0 Å². The lowest BCUT2D eigenvalue weighted by Gasteiger charge is -2.35. The molecule has 3 atom stereocenters. The summed E-state index contributed by atoms with van der Waals surface area (Å²) in [5, 5.41) is 15.9. The Morgan fingerprint density at radius 1 is 0.909 bits per heavy atom. The highest BCUT2D eigenvalue weighted by atomic mass is 32.1. The second kappa shape index (κ2) is 23.0. The molecule has 0 bridgehead atoms. The molecule has 2 aromatic carbocycles. The molecule has 3 N–H and O–H groups in total. The number of aromatic nitrogens is 5. The highest BCUT2D eigenvalue weighted by molar-refractivity contribution is 7.10. The van der Waals surface area contributed by atoms with Crippen LogP contribution in [-0.2, 0) is 25.6 Å². The summed E-state index contributed by atoms with van der Waals surface area (Å²) in [6.07, 6.45) is 6.69. The summed E-state index contributed by atoms with van der Waals surface area (Å²) in [6.45, 7) is 4.52. The van der Waals surface area contributed by atoms with Gasteiger partial charge in [-0.15, -0.1) is 24.5 Å². The standard InChI is InChI=1S/C46H54F3N9O7S/c1-30(50-2)43(60)56-41(31-8-4-3-5-9-31)45(61)58-17-7-12-39(58)44-55-38(28-66-44)42(59)32-10-6-11-36(24-32)64-23-22-63-21-20-62-19-18-57-27-33(26-53-57)37-25-40(52-29-51-37)54-34-13-15-35(16-14-34)65-46(47,48)49/h6,10-11,13-16,24-31,39,41,50H,3-5,7-9,12,17-23H2,1-2H3,(H,56,60)(H,51,52,54)/t30-,39-,41-/m0/s1. The molecule has 20 heteroatoms. The number of likely N-dealkylation sites (tertiary alicyclic amines) is 1. The van der Waals surface area contributed by atoms with Gasteiger partial charge in [0.05, 0.1) is 56.9 Å². The van der Waals surface area contributed by atoms with E-state index in [0.717, 1.165) is 50.5 Å². The molecule has 2 aliphatic rings. The van der Waals surface area contributed by atoms with Gasteiger partial charge in [-0.25, -0.2) is 15.0 Å². The summed E-state index contributed by atoms with van der Waals surface area (Å²) in [5.41, 5.74) is 2.61. The van der Waals surface area contributed by atoms with Crippen LogP contribution in [0.5, 0.6) is 11.5 Å². The molecule has 1 aliphatic carbocycles. The number of hydrogen-bond acceptors (Lipinski definition) is 14. The van der Waals surface area contributed by atoms with Crippen molar-refractivity contribution in [3.05, 3.63) is 95.0 Å². The quantitative estimate of drug-likeness (QED) is 0.0472. The molecule has 0 radical (unpaired) electrons. The number of rotatable bonds is 22. The largest absolute Gasteiger partial charge is 0.573 e. The number of carbonyl (C=O) groups is 3. The number of amides is 2. The Kier molecular flexibility index (Phi) is 16.7. The number of ether oxygens (including phenoxy) is 4. The van der Waals surface area contributed by atoms with E-state index in [-0.39, 0.29) is 41.9 Å². The highest BCUT2D eigenvalue weighted by Crippen LogP contribution is 2.37. The first-order valence-electron chi connectivity index (χ1n) is 22.1. The van der Waals surface area contributed by atoms with E-state index in [0.29, 0.717) is 78.7 Å². The fourth-order valence-corrected chi connectivity index (χ4v) is 8.88. The summed E-state index contributed by atoms with van der Waals surface area (Å²) in [7, 11) is 1.73. The van der Waals surface area contributed by atoms with Gasteiger partial charge in [-0.05, 0) is 82.0 Å². The fraction of sp³-hybridized carbons (Fsp3) is 0.457. The van der Waals surface area contributed by atoms with Crippen molar-refractivity contribution in [3.63, 3.8) is 0 Å². The van der Waals surface area contributed by atoms with Crippen LogP contribution >= 0.6 is 11.3 Å². The molecule has 66 heavy (non-hydrogen) atoms. The minimum Gasteiger partial charge on any atom is -0.491 e. The van der Waals surface area contributed by atoms with E-state index < -0.39 is 18.4 Å². The highest BCUT2D eigenvalue weighted by Gasteiger charge is 2.40. The third-order valence-corrected chi connectivity index (χ3v) is 12.4. The van der Waals surface area contributed by atoms with E-state index in [4.69, 9.17) is 19.2 Å². The lowest BCUT2D eigenvalue weighted by molar-refractivity contribution is -0.274. The average Bonchev–Trinajstić information content (AvgIpc) is 4.13. The first-order valence-corrected chi connectivity index (χ1v) is 23.0. The van der Waals surface area contributed by atoms with Crippen molar-refractivity contribution in [1.29, 1.82) is 0 Å². The number of anilines is 2. The average molecular weight is 934 g/mol. The fourth-order valence-electron chi connectivity index (χ4n) is 7.93. The van der Waals surface area contributed by atoms with Gasteiger partial charge in [-0.1, -0.05) is 31.4 Å². The van der Waals surface area contributed by atoms with E-state index in [2.05, 4.69) is 35.8 Å². The molecule has 1 aliphatic heterocycles. The zero-order chi connectivity index (χ0) is 46.5. The van der Waals surface area contributed by atoms with Gasteiger partial charge in [0.25, 0.3) is 0 Å². The Morgan fingerprint density at radius 3 is 2.45 bits per heavy atom. The number of ketones is 1. The van der Waals surface area contributed by atoms with Gasteiger partial charge in [0.2, 0.25) is 17.6 Å². The van der Waals surface area contributed by atoms with Gasteiger partial charge in [-0.3, -0.25) is 19.1 Å². The number of nitrogens with one attached hydrogen (secondary N) is 3. The third kappa shape index (κ3) is 13.3. The monoisotopic (exact) mass is 933 g/mol. The predicted molar refractivity (Wildman–Crippen MR) is 239 cm³/mol. The minimum absolute atomic E-state index is 0.0720. The zero-order valence-electron chi connectivity index (χ0n) is 36.8. The van der Waals surface area contributed by atoms with Gasteiger partial charge < -0.3 is 39.8 Å². The molecule has 1 saturated heterocycles. The molecular weight excluding hydrogens is 880 g/mol. The number of alkyl halides is 3. The van der Waals surface area contributed by atoms with Crippen LogP contribution in [-0.4, -0.2) is 112 Å². The van der Waals surface area contributed by atoms with Crippen molar-refractivity contribution in [2.75, 3.05) is 51.9 Å². The molecule has 16 nitrogen and oxygen atoms in total. The van der Waals surface area contributed by atoms with Gasteiger partial charge in [-0.2, -0.15) is 5.10 Å². The number of benzene rings is 2. The summed E-state index contributed by atoms with van der Waals surface area (Å²) < 4.78 is 60.3. The number of thiazole rings is 1. The number of likely N-dealkylation sites (N-methyl/N-ethyl adjacent to an activating group) is 1. The summed E-state index contributed by atoms with van der Waals surface area (Å²) in [6, 6.07) is 12.7. The van der Waals surface area contributed by atoms with Crippen molar-refractivity contribution in [2.24, 2.45) is 5.92 Å². The molecule has 1 saturated carbocycles. The molecule has 7 rings (SSSR count). The van der Waals surface area contributed by atoms with Crippen LogP contribution in [0.25, 0.3) is 11.3 Å². The van der Waals surface area contributed by atoms with E-state index in [1.807, 2.05) is 11.1 Å².